The molecule has 0 spiro atoms. The molecule has 9 nitrogen and oxygen atoms in total. The van der Waals surface area contributed by atoms with Crippen molar-refractivity contribution in [3.05, 3.63) is 4.91 Å². The van der Waals surface area contributed by atoms with Crippen molar-refractivity contribution in [1.82, 2.24) is 10.3 Å². The molecule has 0 aliphatic carbocycles. The number of rotatable bonds is 9. The molecule has 0 saturated carbocycles. The summed E-state index contributed by atoms with van der Waals surface area (Å²) < 4.78 is 22.4. The van der Waals surface area contributed by atoms with Crippen LogP contribution >= 0.6 is 7.60 Å². The molecule has 0 aliphatic rings. The van der Waals surface area contributed by atoms with Gasteiger partial charge in [0.1, 0.15) is 5.78 Å². The van der Waals surface area contributed by atoms with Crippen LogP contribution in [0, 0.1) is 4.91 Å². The number of nitrogens with zero attached hydrogens (tertiary/aromatic N) is 2. The lowest BCUT2D eigenvalue weighted by Crippen LogP contribution is -2.42. The van der Waals surface area contributed by atoms with Gasteiger partial charge in [-0.25, -0.2) is 4.79 Å². The van der Waals surface area contributed by atoms with Crippen molar-refractivity contribution in [2.45, 2.75) is 26.6 Å². The second-order valence-electron chi connectivity index (χ2n) is 3.43. The minimum Gasteiger partial charge on any atom is -0.394 e. The van der Waals surface area contributed by atoms with Gasteiger partial charge in [0.15, 0.2) is 0 Å². The number of amides is 2. The topological polar surface area (TPSA) is 118 Å². The summed E-state index contributed by atoms with van der Waals surface area (Å²) in [5.41, 5.74) is 0. The Bertz CT molecular complexity index is 330. The highest BCUT2D eigenvalue weighted by molar-refractivity contribution is 7.54. The minimum atomic E-state index is -3.50. The standard InChI is InChI=1S/C9H20N3O6P/c1-4-17-19(16,18-5-2)8(3)10-9(14)12(11-15)6-7-13/h8,13H,4-7H2,1-3H3,(H,10,14). The van der Waals surface area contributed by atoms with E-state index in [4.69, 9.17) is 14.2 Å². The van der Waals surface area contributed by atoms with Crippen LogP contribution in [0.15, 0.2) is 5.29 Å². The fraction of sp³-hybridized carbons (Fsp3) is 0.889. The number of hydrogen-bond donors (Lipinski definition) is 2. The molecule has 2 amide bonds. The predicted molar refractivity (Wildman–Crippen MR) is 68.4 cm³/mol. The molecule has 0 aromatic carbocycles. The molecule has 112 valence electrons. The van der Waals surface area contributed by atoms with Gasteiger partial charge in [0.05, 0.1) is 31.7 Å². The van der Waals surface area contributed by atoms with Gasteiger partial charge >= 0.3 is 13.6 Å². The molecule has 0 radical (unpaired) electrons. The lowest BCUT2D eigenvalue weighted by atomic mass is 10.6. The largest absolute Gasteiger partial charge is 0.394 e. The third kappa shape index (κ3) is 5.65. The van der Waals surface area contributed by atoms with Crippen molar-refractivity contribution >= 4 is 13.6 Å². The van der Waals surface area contributed by atoms with Crippen LogP contribution in [0.25, 0.3) is 0 Å². The van der Waals surface area contributed by atoms with Crippen molar-refractivity contribution in [2.24, 2.45) is 5.29 Å². The van der Waals surface area contributed by atoms with Crippen LogP contribution in [0.3, 0.4) is 0 Å². The molecule has 1 unspecified atom stereocenters. The Morgan fingerprint density at radius 2 is 1.95 bits per heavy atom. The lowest BCUT2D eigenvalue weighted by molar-refractivity contribution is 0.173. The Morgan fingerprint density at radius 3 is 2.32 bits per heavy atom. The maximum absolute atomic E-state index is 12.3. The van der Waals surface area contributed by atoms with Crippen molar-refractivity contribution in [3.63, 3.8) is 0 Å². The van der Waals surface area contributed by atoms with Crippen LogP contribution in [0.4, 0.5) is 4.79 Å². The van der Waals surface area contributed by atoms with E-state index < -0.39 is 26.0 Å². The zero-order valence-corrected chi connectivity index (χ0v) is 12.1. The summed E-state index contributed by atoms with van der Waals surface area (Å²) in [6, 6.07) is -0.879. The van der Waals surface area contributed by atoms with Gasteiger partial charge < -0.3 is 19.5 Å². The molecular weight excluding hydrogens is 277 g/mol. The Labute approximate surface area is 111 Å². The number of hydrogen-bond acceptors (Lipinski definition) is 7. The summed E-state index contributed by atoms with van der Waals surface area (Å²) in [6.07, 6.45) is 0. The molecule has 0 fully saturated rings. The molecule has 19 heavy (non-hydrogen) atoms. The first kappa shape index (κ1) is 18.0. The monoisotopic (exact) mass is 297 g/mol. The molecule has 2 N–H and O–H groups in total. The molecule has 1 atom stereocenters. The number of carbonyl (C=O) groups is 1. The van der Waals surface area contributed by atoms with E-state index in [0.29, 0.717) is 5.01 Å². The second kappa shape index (κ2) is 8.98. The van der Waals surface area contributed by atoms with Crippen molar-refractivity contribution in [2.75, 3.05) is 26.4 Å². The van der Waals surface area contributed by atoms with Crippen molar-refractivity contribution < 1.29 is 23.5 Å². The van der Waals surface area contributed by atoms with Gasteiger partial charge in [-0.2, -0.15) is 5.01 Å². The number of aliphatic hydroxyl groups excluding tert-OH is 1. The van der Waals surface area contributed by atoms with E-state index in [-0.39, 0.29) is 19.8 Å². The van der Waals surface area contributed by atoms with Gasteiger partial charge in [-0.15, -0.1) is 4.91 Å². The van der Waals surface area contributed by atoms with Crippen LogP contribution in [0.5, 0.6) is 0 Å². The zero-order valence-electron chi connectivity index (χ0n) is 11.2. The van der Waals surface area contributed by atoms with E-state index in [0.717, 1.165) is 0 Å². The lowest BCUT2D eigenvalue weighted by Gasteiger charge is -2.25. The first-order chi connectivity index (χ1) is 8.95. The number of aliphatic hydroxyl groups is 1. The Morgan fingerprint density at radius 1 is 1.42 bits per heavy atom. The Balaban J connectivity index is 4.71. The first-order valence-corrected chi connectivity index (χ1v) is 7.47. The van der Waals surface area contributed by atoms with Gasteiger partial charge in [-0.3, -0.25) is 4.57 Å². The van der Waals surface area contributed by atoms with E-state index in [9.17, 15) is 14.3 Å². The fourth-order valence-corrected chi connectivity index (χ4v) is 2.74. The Kier molecular flexibility index (Phi) is 8.49. The number of urea groups is 1. The third-order valence-corrected chi connectivity index (χ3v) is 4.38. The molecule has 0 bridgehead atoms. The average Bonchev–Trinajstić information content (AvgIpc) is 2.36. The number of carbonyl (C=O) groups excluding carboxylic acids is 1. The molecule has 0 aromatic heterocycles. The first-order valence-electron chi connectivity index (χ1n) is 5.86. The van der Waals surface area contributed by atoms with E-state index in [1.165, 1.54) is 6.92 Å². The van der Waals surface area contributed by atoms with Gasteiger partial charge in [0, 0.05) is 0 Å². The van der Waals surface area contributed by atoms with Crippen LogP contribution in [-0.4, -0.2) is 48.3 Å². The molecule has 0 aromatic rings. The van der Waals surface area contributed by atoms with Crippen molar-refractivity contribution in [1.29, 1.82) is 0 Å². The molecule has 0 aliphatic heterocycles. The maximum atomic E-state index is 12.3. The normalized spacial score (nSPS) is 12.8. The molecule has 0 saturated heterocycles. The summed E-state index contributed by atoms with van der Waals surface area (Å²) in [7, 11) is -3.50. The summed E-state index contributed by atoms with van der Waals surface area (Å²) in [6.45, 7) is 4.37. The fourth-order valence-electron chi connectivity index (χ4n) is 1.23. The van der Waals surface area contributed by atoms with Crippen LogP contribution in [0.1, 0.15) is 20.8 Å². The highest BCUT2D eigenvalue weighted by Crippen LogP contribution is 2.51. The summed E-state index contributed by atoms with van der Waals surface area (Å²) >= 11 is 0. The summed E-state index contributed by atoms with van der Waals surface area (Å²) in [4.78, 5) is 22.0. The highest BCUT2D eigenvalue weighted by Gasteiger charge is 2.34. The third-order valence-electron chi connectivity index (χ3n) is 2.07. The van der Waals surface area contributed by atoms with Gasteiger partial charge in [-0.1, -0.05) is 0 Å². The van der Waals surface area contributed by atoms with E-state index in [1.807, 2.05) is 0 Å². The number of nitrogens with one attached hydrogen (secondary N) is 1. The molecule has 0 rings (SSSR count). The predicted octanol–water partition coefficient (Wildman–Crippen LogP) is 1.28. The zero-order chi connectivity index (χ0) is 14.9. The summed E-state index contributed by atoms with van der Waals surface area (Å²) in [5, 5.41) is 13.9. The van der Waals surface area contributed by atoms with Gasteiger partial charge in [0.25, 0.3) is 0 Å². The second-order valence-corrected chi connectivity index (χ2v) is 5.80. The van der Waals surface area contributed by atoms with Crippen LogP contribution in [-0.2, 0) is 13.6 Å². The van der Waals surface area contributed by atoms with E-state index in [1.54, 1.807) is 13.8 Å². The Hall–Kier alpha value is -1.02. The highest BCUT2D eigenvalue weighted by atomic mass is 31.2. The number of nitroso groups, excluding NO2 is 1. The molecule has 0 heterocycles. The van der Waals surface area contributed by atoms with E-state index in [2.05, 4.69) is 10.6 Å². The van der Waals surface area contributed by atoms with Crippen LogP contribution in [0.2, 0.25) is 0 Å². The maximum Gasteiger partial charge on any atom is 0.352 e. The quantitative estimate of drug-likeness (QED) is 0.376. The van der Waals surface area contributed by atoms with Gasteiger partial charge in [0.2, 0.25) is 0 Å². The molecule has 10 heteroatoms. The van der Waals surface area contributed by atoms with Gasteiger partial charge in [-0.05, 0) is 20.8 Å². The van der Waals surface area contributed by atoms with Crippen molar-refractivity contribution in [3.8, 4) is 0 Å². The van der Waals surface area contributed by atoms with E-state index >= 15 is 0 Å². The summed E-state index contributed by atoms with van der Waals surface area (Å²) in [5.74, 6) is -0.942. The average molecular weight is 297 g/mol. The SMILES string of the molecule is CCOP(=O)(OCC)C(C)NC(=O)N(CCO)N=O. The smallest absolute Gasteiger partial charge is 0.352 e. The van der Waals surface area contributed by atoms with Crippen LogP contribution < -0.4 is 5.32 Å². The minimum absolute atomic E-state index is 0.157. The molecular formula is C9H20N3O6P.